The van der Waals surface area contributed by atoms with E-state index in [2.05, 4.69) is 11.9 Å². The minimum Gasteiger partial charge on any atom is -0.306 e. The van der Waals surface area contributed by atoms with E-state index in [1.807, 2.05) is 0 Å². The zero-order valence-electron chi connectivity index (χ0n) is 5.13. The van der Waals surface area contributed by atoms with Gasteiger partial charge in [0.05, 0.1) is 0 Å². The molecule has 0 radical (unpaired) electrons. The van der Waals surface area contributed by atoms with Crippen molar-refractivity contribution in [2.45, 2.75) is 6.42 Å². The van der Waals surface area contributed by atoms with Crippen LogP contribution in [-0.4, -0.2) is 31.3 Å². The maximum absolute atomic E-state index is 9.90. The van der Waals surface area contributed by atoms with Gasteiger partial charge >= 0.3 is 0 Å². The molecule has 0 spiro atoms. The van der Waals surface area contributed by atoms with Crippen LogP contribution in [0.4, 0.5) is 0 Å². The van der Waals surface area contributed by atoms with Crippen molar-refractivity contribution in [2.24, 2.45) is 5.92 Å². The zero-order chi connectivity index (χ0) is 5.98. The van der Waals surface area contributed by atoms with E-state index in [0.29, 0.717) is 5.92 Å². The van der Waals surface area contributed by atoms with Gasteiger partial charge < -0.3 is 9.69 Å². The summed E-state index contributed by atoms with van der Waals surface area (Å²) in [5.41, 5.74) is 0. The number of likely N-dealkylation sites (tertiary alicyclic amines) is 1. The number of aldehydes is 1. The lowest BCUT2D eigenvalue weighted by Gasteiger charge is -2.34. The van der Waals surface area contributed by atoms with Gasteiger partial charge in [-0.25, -0.2) is 0 Å². The van der Waals surface area contributed by atoms with E-state index >= 15 is 0 Å². The maximum atomic E-state index is 9.90. The van der Waals surface area contributed by atoms with E-state index in [-0.39, 0.29) is 0 Å². The SMILES string of the molecule is CN1CC(CC=O)C1. The van der Waals surface area contributed by atoms with Gasteiger partial charge in [0.2, 0.25) is 0 Å². The molecule has 1 heterocycles. The maximum Gasteiger partial charge on any atom is 0.120 e. The van der Waals surface area contributed by atoms with Crippen LogP contribution in [0.25, 0.3) is 0 Å². The van der Waals surface area contributed by atoms with Crippen LogP contribution in [0.15, 0.2) is 0 Å². The van der Waals surface area contributed by atoms with Crippen LogP contribution < -0.4 is 0 Å². The number of hydrogen-bond acceptors (Lipinski definition) is 2. The molecule has 2 heteroatoms. The third kappa shape index (κ3) is 1.07. The Morgan fingerprint density at radius 2 is 2.38 bits per heavy atom. The first kappa shape index (κ1) is 5.76. The highest BCUT2D eigenvalue weighted by Gasteiger charge is 2.21. The summed E-state index contributed by atoms with van der Waals surface area (Å²) in [5, 5.41) is 0. The van der Waals surface area contributed by atoms with E-state index in [9.17, 15) is 4.79 Å². The molecule has 0 bridgehead atoms. The third-order valence-electron chi connectivity index (χ3n) is 1.57. The number of hydrogen-bond donors (Lipinski definition) is 0. The van der Waals surface area contributed by atoms with Gasteiger partial charge in [-0.2, -0.15) is 0 Å². The van der Waals surface area contributed by atoms with Crippen molar-refractivity contribution < 1.29 is 4.79 Å². The summed E-state index contributed by atoms with van der Waals surface area (Å²) in [4.78, 5) is 12.1. The van der Waals surface area contributed by atoms with Crippen LogP contribution in [0.2, 0.25) is 0 Å². The van der Waals surface area contributed by atoms with E-state index in [1.165, 1.54) is 0 Å². The molecule has 8 heavy (non-hydrogen) atoms. The number of rotatable bonds is 2. The summed E-state index contributed by atoms with van der Waals surface area (Å²) in [6, 6.07) is 0. The zero-order valence-corrected chi connectivity index (χ0v) is 5.13. The molecule has 1 aliphatic rings. The minimum atomic E-state index is 0.664. The van der Waals surface area contributed by atoms with Crippen molar-refractivity contribution >= 4 is 6.29 Å². The molecular weight excluding hydrogens is 102 g/mol. The number of carbonyl (C=O) groups excluding carboxylic acids is 1. The monoisotopic (exact) mass is 113 g/mol. The quantitative estimate of drug-likeness (QED) is 0.475. The fraction of sp³-hybridized carbons (Fsp3) is 0.833. The van der Waals surface area contributed by atoms with Gasteiger partial charge in [0.15, 0.2) is 0 Å². The van der Waals surface area contributed by atoms with E-state index < -0.39 is 0 Å². The summed E-state index contributed by atoms with van der Waals surface area (Å²) in [6.45, 7) is 2.22. The van der Waals surface area contributed by atoms with Crippen LogP contribution in [0.3, 0.4) is 0 Å². The fourth-order valence-corrected chi connectivity index (χ4v) is 1.11. The Balaban J connectivity index is 2.06. The van der Waals surface area contributed by atoms with Gasteiger partial charge in [0.25, 0.3) is 0 Å². The summed E-state index contributed by atoms with van der Waals surface area (Å²) >= 11 is 0. The molecule has 0 aromatic heterocycles. The highest BCUT2D eigenvalue weighted by Crippen LogP contribution is 2.14. The number of nitrogens with zero attached hydrogens (tertiary/aromatic N) is 1. The summed E-state index contributed by atoms with van der Waals surface area (Å²) in [5.74, 6) is 0.664. The standard InChI is InChI=1S/C6H11NO/c1-7-4-6(5-7)2-3-8/h3,6H,2,4-5H2,1H3. The Morgan fingerprint density at radius 1 is 1.75 bits per heavy atom. The van der Waals surface area contributed by atoms with Gasteiger partial charge in [-0.15, -0.1) is 0 Å². The lowest BCUT2D eigenvalue weighted by molar-refractivity contribution is -0.109. The van der Waals surface area contributed by atoms with Gasteiger partial charge in [-0.05, 0) is 13.0 Å². The molecule has 1 aliphatic heterocycles. The van der Waals surface area contributed by atoms with Crippen molar-refractivity contribution in [3.8, 4) is 0 Å². The van der Waals surface area contributed by atoms with Crippen LogP contribution in [0, 0.1) is 5.92 Å². The Morgan fingerprint density at radius 3 is 2.75 bits per heavy atom. The summed E-state index contributed by atoms with van der Waals surface area (Å²) in [7, 11) is 2.07. The van der Waals surface area contributed by atoms with Gasteiger partial charge in [-0.1, -0.05) is 0 Å². The van der Waals surface area contributed by atoms with Crippen LogP contribution in [-0.2, 0) is 4.79 Å². The molecule has 0 N–H and O–H groups in total. The average molecular weight is 113 g/mol. The molecule has 1 fully saturated rings. The Labute approximate surface area is 49.5 Å². The van der Waals surface area contributed by atoms with Crippen LogP contribution >= 0.6 is 0 Å². The molecule has 1 saturated heterocycles. The molecule has 0 atom stereocenters. The number of carbonyl (C=O) groups is 1. The Hall–Kier alpha value is -0.370. The smallest absolute Gasteiger partial charge is 0.120 e. The Bertz CT molecular complexity index is 86.5. The predicted molar refractivity (Wildman–Crippen MR) is 31.7 cm³/mol. The predicted octanol–water partition coefficient (Wildman–Crippen LogP) is 0.137. The van der Waals surface area contributed by atoms with E-state index in [1.54, 1.807) is 0 Å². The molecule has 0 aromatic carbocycles. The third-order valence-corrected chi connectivity index (χ3v) is 1.57. The van der Waals surface area contributed by atoms with E-state index in [0.717, 1.165) is 25.8 Å². The van der Waals surface area contributed by atoms with Gasteiger partial charge in [0, 0.05) is 19.5 Å². The topological polar surface area (TPSA) is 20.3 Å². The van der Waals surface area contributed by atoms with Crippen molar-refractivity contribution in [1.29, 1.82) is 0 Å². The second kappa shape index (κ2) is 2.27. The second-order valence-corrected chi connectivity index (χ2v) is 2.49. The minimum absolute atomic E-state index is 0.664. The lowest BCUT2D eigenvalue weighted by Crippen LogP contribution is -2.43. The molecule has 0 aliphatic carbocycles. The summed E-state index contributed by atoms with van der Waals surface area (Å²) < 4.78 is 0. The molecule has 0 amide bonds. The Kier molecular flexibility index (Phi) is 1.63. The van der Waals surface area contributed by atoms with E-state index in [4.69, 9.17) is 0 Å². The highest BCUT2D eigenvalue weighted by atomic mass is 16.1. The van der Waals surface area contributed by atoms with Gasteiger partial charge in [0.1, 0.15) is 6.29 Å². The van der Waals surface area contributed by atoms with Crippen molar-refractivity contribution in [3.05, 3.63) is 0 Å². The van der Waals surface area contributed by atoms with Crippen molar-refractivity contribution in [3.63, 3.8) is 0 Å². The first-order valence-electron chi connectivity index (χ1n) is 2.95. The lowest BCUT2D eigenvalue weighted by atomic mass is 9.98. The second-order valence-electron chi connectivity index (χ2n) is 2.49. The first-order valence-corrected chi connectivity index (χ1v) is 2.95. The summed E-state index contributed by atoms with van der Waals surface area (Å²) in [6.07, 6.45) is 1.77. The fourth-order valence-electron chi connectivity index (χ4n) is 1.11. The van der Waals surface area contributed by atoms with Crippen molar-refractivity contribution in [2.75, 3.05) is 20.1 Å². The molecule has 0 aromatic rings. The molecule has 1 rings (SSSR count). The normalized spacial score (nSPS) is 22.6. The molecule has 0 saturated carbocycles. The van der Waals surface area contributed by atoms with Crippen molar-refractivity contribution in [1.82, 2.24) is 4.90 Å². The average Bonchev–Trinajstić information content (AvgIpc) is 1.64. The molecule has 0 unspecified atom stereocenters. The largest absolute Gasteiger partial charge is 0.306 e. The molecular formula is C6H11NO. The highest BCUT2D eigenvalue weighted by molar-refractivity contribution is 5.50. The molecule has 2 nitrogen and oxygen atoms in total. The first-order chi connectivity index (χ1) is 3.83. The van der Waals surface area contributed by atoms with Crippen LogP contribution in [0.1, 0.15) is 6.42 Å². The van der Waals surface area contributed by atoms with Gasteiger partial charge in [-0.3, -0.25) is 0 Å². The molecule has 46 valence electrons. The van der Waals surface area contributed by atoms with Crippen LogP contribution in [0.5, 0.6) is 0 Å².